The molecule has 2 aromatic heterocycles. The number of hydrogen-bond acceptors (Lipinski definition) is 3. The van der Waals surface area contributed by atoms with Crippen molar-refractivity contribution < 1.29 is 4.79 Å². The molecule has 6 heteroatoms. The zero-order chi connectivity index (χ0) is 19.3. The number of nitrogens with zero attached hydrogens (tertiary/aromatic N) is 3. The number of hydrogen-bond donors (Lipinski definition) is 1. The number of nitrogens with one attached hydrogen (secondary N) is 1. The van der Waals surface area contributed by atoms with Crippen LogP contribution in [0, 0.1) is 0 Å². The van der Waals surface area contributed by atoms with Gasteiger partial charge in [0.15, 0.2) is 0 Å². The standard InChI is InChI=1S/C22H30N4OS/c1-15-19-9-6-11-25(19)21-18(17-10-12-24(2)14-20(17)28-21)13-26(15)22(27)23-16-7-4-3-5-8-16/h6,9,11,15-16H,3-5,7-8,10,12-14H2,1-2H3,(H,23,27). The number of thiophene rings is 1. The largest absolute Gasteiger partial charge is 0.335 e. The summed E-state index contributed by atoms with van der Waals surface area (Å²) in [7, 11) is 2.20. The van der Waals surface area contributed by atoms with Crippen molar-refractivity contribution in [1.29, 1.82) is 0 Å². The topological polar surface area (TPSA) is 40.5 Å². The monoisotopic (exact) mass is 398 g/mol. The average molecular weight is 399 g/mol. The fourth-order valence-corrected chi connectivity index (χ4v) is 6.52. The van der Waals surface area contributed by atoms with Crippen LogP contribution in [0.3, 0.4) is 0 Å². The van der Waals surface area contributed by atoms with Gasteiger partial charge in [-0.1, -0.05) is 19.3 Å². The summed E-state index contributed by atoms with van der Waals surface area (Å²) < 4.78 is 2.33. The number of amides is 2. The Morgan fingerprint density at radius 3 is 2.82 bits per heavy atom. The molecular formula is C22H30N4OS. The maximum absolute atomic E-state index is 13.3. The number of urea groups is 1. The van der Waals surface area contributed by atoms with Crippen LogP contribution in [-0.4, -0.2) is 40.0 Å². The van der Waals surface area contributed by atoms with E-state index < -0.39 is 0 Å². The number of likely N-dealkylation sites (N-methyl/N-ethyl adjacent to an activating group) is 1. The van der Waals surface area contributed by atoms with E-state index in [9.17, 15) is 4.79 Å². The molecule has 3 aliphatic rings. The molecule has 1 aliphatic carbocycles. The van der Waals surface area contributed by atoms with E-state index >= 15 is 0 Å². The van der Waals surface area contributed by atoms with Crippen LogP contribution in [0.25, 0.3) is 5.00 Å². The van der Waals surface area contributed by atoms with Crippen molar-refractivity contribution in [2.24, 2.45) is 0 Å². The van der Waals surface area contributed by atoms with E-state index in [1.807, 2.05) is 11.3 Å². The first-order valence-electron chi connectivity index (χ1n) is 10.7. The van der Waals surface area contributed by atoms with E-state index in [0.717, 1.165) is 32.4 Å². The van der Waals surface area contributed by atoms with Gasteiger partial charge in [0, 0.05) is 41.5 Å². The van der Waals surface area contributed by atoms with Crippen LogP contribution < -0.4 is 5.32 Å². The van der Waals surface area contributed by atoms with Crippen molar-refractivity contribution >= 4 is 17.4 Å². The molecule has 2 aliphatic heterocycles. The molecule has 1 saturated carbocycles. The minimum absolute atomic E-state index is 0.0695. The summed E-state index contributed by atoms with van der Waals surface area (Å²) in [5.74, 6) is 0. The van der Waals surface area contributed by atoms with E-state index in [-0.39, 0.29) is 12.1 Å². The third kappa shape index (κ3) is 3.07. The number of carbonyl (C=O) groups excluding carboxylic acids is 1. The molecular weight excluding hydrogens is 368 g/mol. The molecule has 5 nitrogen and oxygen atoms in total. The van der Waals surface area contributed by atoms with Crippen LogP contribution in [0.1, 0.15) is 66.8 Å². The van der Waals surface area contributed by atoms with E-state index in [4.69, 9.17) is 0 Å². The van der Waals surface area contributed by atoms with Crippen molar-refractivity contribution in [2.45, 2.75) is 70.6 Å². The van der Waals surface area contributed by atoms with Gasteiger partial charge in [0.1, 0.15) is 5.00 Å². The SMILES string of the molecule is CC1c2cccn2-c2sc3c(c2CN1C(=O)NC1CCCCC1)CCN(C)C3. The summed E-state index contributed by atoms with van der Waals surface area (Å²) in [5.41, 5.74) is 4.07. The molecule has 1 unspecified atom stereocenters. The first kappa shape index (κ1) is 18.3. The maximum Gasteiger partial charge on any atom is 0.318 e. The molecule has 0 bridgehead atoms. The molecule has 2 aromatic rings. The fourth-order valence-electron chi connectivity index (χ4n) is 5.08. The highest BCUT2D eigenvalue weighted by Crippen LogP contribution is 2.41. The molecule has 1 atom stereocenters. The van der Waals surface area contributed by atoms with E-state index in [1.165, 1.54) is 46.0 Å². The Morgan fingerprint density at radius 2 is 2.00 bits per heavy atom. The highest BCUT2D eigenvalue weighted by atomic mass is 32.1. The smallest absolute Gasteiger partial charge is 0.318 e. The summed E-state index contributed by atoms with van der Waals surface area (Å²) in [4.78, 5) is 19.2. The zero-order valence-electron chi connectivity index (χ0n) is 16.9. The maximum atomic E-state index is 13.3. The number of carbonyl (C=O) groups is 1. The predicted octanol–water partition coefficient (Wildman–Crippen LogP) is 4.45. The second-order valence-corrected chi connectivity index (χ2v) is 9.75. The Bertz CT molecular complexity index is 879. The molecule has 1 N–H and O–H groups in total. The van der Waals surface area contributed by atoms with Crippen LogP contribution in [0.5, 0.6) is 0 Å². The molecule has 28 heavy (non-hydrogen) atoms. The highest BCUT2D eigenvalue weighted by molar-refractivity contribution is 7.15. The Hall–Kier alpha value is -1.79. The molecule has 5 rings (SSSR count). The summed E-state index contributed by atoms with van der Waals surface area (Å²) in [6, 6.07) is 4.80. The van der Waals surface area contributed by atoms with E-state index in [0.29, 0.717) is 12.6 Å². The molecule has 0 spiro atoms. The molecule has 4 heterocycles. The van der Waals surface area contributed by atoms with Crippen LogP contribution in [-0.2, 0) is 19.5 Å². The van der Waals surface area contributed by atoms with Gasteiger partial charge in [0.25, 0.3) is 0 Å². The van der Waals surface area contributed by atoms with Crippen molar-refractivity contribution in [3.8, 4) is 5.00 Å². The molecule has 1 fully saturated rings. The summed E-state index contributed by atoms with van der Waals surface area (Å²) in [6.07, 6.45) is 9.27. The van der Waals surface area contributed by atoms with Gasteiger partial charge in [-0.3, -0.25) is 0 Å². The van der Waals surface area contributed by atoms with E-state index in [2.05, 4.69) is 52.0 Å². The number of aromatic nitrogens is 1. The molecule has 0 aromatic carbocycles. The second-order valence-electron chi connectivity index (χ2n) is 8.67. The van der Waals surface area contributed by atoms with Gasteiger partial charge in [-0.25, -0.2) is 4.79 Å². The molecule has 0 saturated heterocycles. The lowest BCUT2D eigenvalue weighted by Crippen LogP contribution is -2.46. The van der Waals surface area contributed by atoms with Gasteiger partial charge >= 0.3 is 6.03 Å². The zero-order valence-corrected chi connectivity index (χ0v) is 17.7. The van der Waals surface area contributed by atoms with Crippen LogP contribution in [0.2, 0.25) is 0 Å². The number of rotatable bonds is 1. The van der Waals surface area contributed by atoms with Gasteiger partial charge in [-0.15, -0.1) is 11.3 Å². The minimum Gasteiger partial charge on any atom is -0.335 e. The normalized spacial score (nSPS) is 22.9. The molecule has 0 radical (unpaired) electrons. The fraction of sp³-hybridized carbons (Fsp3) is 0.591. The van der Waals surface area contributed by atoms with Crippen LogP contribution in [0.4, 0.5) is 4.79 Å². The van der Waals surface area contributed by atoms with Gasteiger partial charge in [-0.05, 0) is 50.9 Å². The third-order valence-corrected chi connectivity index (χ3v) is 8.01. The lowest BCUT2D eigenvalue weighted by Gasteiger charge is -2.32. The lowest BCUT2D eigenvalue weighted by atomic mass is 9.95. The summed E-state index contributed by atoms with van der Waals surface area (Å²) in [5, 5.41) is 4.67. The Morgan fingerprint density at radius 1 is 1.18 bits per heavy atom. The van der Waals surface area contributed by atoms with E-state index in [1.54, 1.807) is 0 Å². The predicted molar refractivity (Wildman–Crippen MR) is 113 cm³/mol. The van der Waals surface area contributed by atoms with Gasteiger partial charge < -0.3 is 19.7 Å². The van der Waals surface area contributed by atoms with Crippen LogP contribution in [0.15, 0.2) is 18.3 Å². The van der Waals surface area contributed by atoms with Gasteiger partial charge in [0.05, 0.1) is 12.6 Å². The molecule has 2 amide bonds. The highest BCUT2D eigenvalue weighted by Gasteiger charge is 2.34. The molecule has 150 valence electrons. The van der Waals surface area contributed by atoms with Crippen molar-refractivity contribution in [3.63, 3.8) is 0 Å². The second kappa shape index (κ2) is 7.23. The van der Waals surface area contributed by atoms with Crippen molar-refractivity contribution in [2.75, 3.05) is 13.6 Å². The number of fused-ring (bicyclic) bond motifs is 5. The van der Waals surface area contributed by atoms with Crippen molar-refractivity contribution in [3.05, 3.63) is 40.0 Å². The third-order valence-electron chi connectivity index (χ3n) is 6.75. The van der Waals surface area contributed by atoms with Crippen molar-refractivity contribution in [1.82, 2.24) is 19.7 Å². The summed E-state index contributed by atoms with van der Waals surface area (Å²) in [6.45, 7) is 5.00. The Balaban J connectivity index is 1.50. The first-order valence-corrected chi connectivity index (χ1v) is 11.5. The lowest BCUT2D eigenvalue weighted by molar-refractivity contribution is 0.168. The van der Waals surface area contributed by atoms with Gasteiger partial charge in [0.2, 0.25) is 0 Å². The van der Waals surface area contributed by atoms with Gasteiger partial charge in [-0.2, -0.15) is 0 Å². The average Bonchev–Trinajstić information content (AvgIpc) is 3.28. The van der Waals surface area contributed by atoms with Crippen LogP contribution >= 0.6 is 11.3 Å². The Kier molecular flexibility index (Phi) is 4.71. The summed E-state index contributed by atoms with van der Waals surface area (Å²) >= 11 is 1.92. The first-order chi connectivity index (χ1) is 13.6. The Labute approximate surface area is 171 Å². The quantitative estimate of drug-likeness (QED) is 0.771. The minimum atomic E-state index is 0.0695.